The predicted octanol–water partition coefficient (Wildman–Crippen LogP) is 1.48. The van der Waals surface area contributed by atoms with Crippen molar-refractivity contribution in [2.45, 2.75) is 39.3 Å². The summed E-state index contributed by atoms with van der Waals surface area (Å²) in [5.41, 5.74) is -0.597. The number of rotatable bonds is 4. The van der Waals surface area contributed by atoms with E-state index < -0.39 is 29.5 Å². The molecule has 2 aromatic heterocycles. The van der Waals surface area contributed by atoms with E-state index in [0.717, 1.165) is 17.4 Å². The number of hydrogen-bond acceptors (Lipinski definition) is 6. The van der Waals surface area contributed by atoms with Gasteiger partial charge in [0.1, 0.15) is 17.9 Å². The van der Waals surface area contributed by atoms with Crippen molar-refractivity contribution in [2.75, 3.05) is 5.32 Å². The molecule has 1 amide bonds. The minimum absolute atomic E-state index is 0.0300. The van der Waals surface area contributed by atoms with Gasteiger partial charge in [0.25, 0.3) is 5.56 Å². The van der Waals surface area contributed by atoms with Crippen LogP contribution in [0.4, 0.5) is 10.1 Å². The Kier molecular flexibility index (Phi) is 4.83. The fourth-order valence-corrected chi connectivity index (χ4v) is 3.46. The number of halogens is 1. The molecule has 1 aliphatic rings. The van der Waals surface area contributed by atoms with Gasteiger partial charge in [0.15, 0.2) is 0 Å². The first-order chi connectivity index (χ1) is 14.0. The number of carbonyl (C=O) groups is 1. The molecule has 4 rings (SSSR count). The zero-order valence-electron chi connectivity index (χ0n) is 15.6. The fraction of sp³-hybridized carbons (Fsp3) is 0.316. The maximum Gasteiger partial charge on any atom is 0.331 e. The quantitative estimate of drug-likeness (QED) is 0.711. The van der Waals surface area contributed by atoms with Gasteiger partial charge in [-0.3, -0.25) is 18.7 Å². The molecule has 1 aliphatic heterocycles. The molecule has 0 saturated carbocycles. The highest BCUT2D eigenvalue weighted by atomic mass is 19.1. The van der Waals surface area contributed by atoms with E-state index in [1.807, 2.05) is 0 Å². The van der Waals surface area contributed by atoms with E-state index in [1.54, 1.807) is 13.0 Å². The van der Waals surface area contributed by atoms with Crippen LogP contribution in [-0.2, 0) is 24.3 Å². The number of amides is 1. The third kappa shape index (κ3) is 3.48. The van der Waals surface area contributed by atoms with E-state index in [2.05, 4.69) is 15.5 Å². The van der Waals surface area contributed by atoms with Crippen molar-refractivity contribution >= 4 is 11.6 Å². The average Bonchev–Trinajstić information content (AvgIpc) is 3.13. The van der Waals surface area contributed by atoms with E-state index in [1.165, 1.54) is 22.8 Å². The van der Waals surface area contributed by atoms with Crippen LogP contribution in [0.2, 0.25) is 0 Å². The Morgan fingerprint density at radius 1 is 1.28 bits per heavy atom. The lowest BCUT2D eigenvalue weighted by Gasteiger charge is -2.21. The molecule has 9 nitrogen and oxygen atoms in total. The summed E-state index contributed by atoms with van der Waals surface area (Å²) in [6.45, 7) is 1.46. The van der Waals surface area contributed by atoms with Crippen molar-refractivity contribution in [3.8, 4) is 11.4 Å². The summed E-state index contributed by atoms with van der Waals surface area (Å²) in [5, 5.41) is 6.20. The van der Waals surface area contributed by atoms with E-state index in [9.17, 15) is 18.8 Å². The molecule has 29 heavy (non-hydrogen) atoms. The van der Waals surface area contributed by atoms with Crippen LogP contribution < -0.4 is 16.6 Å². The van der Waals surface area contributed by atoms with Crippen molar-refractivity contribution in [2.24, 2.45) is 0 Å². The van der Waals surface area contributed by atoms with Crippen molar-refractivity contribution in [1.82, 2.24) is 19.3 Å². The molecule has 0 bridgehead atoms. The maximum absolute atomic E-state index is 13.8. The Hall–Kier alpha value is -3.56. The molecule has 0 saturated heterocycles. The summed E-state index contributed by atoms with van der Waals surface area (Å²) in [4.78, 5) is 42.5. The maximum atomic E-state index is 13.8. The molecule has 1 N–H and O–H groups in total. The highest BCUT2D eigenvalue weighted by Gasteiger charge is 2.26. The number of benzene rings is 1. The second kappa shape index (κ2) is 7.46. The number of anilines is 1. The highest BCUT2D eigenvalue weighted by molar-refractivity contribution is 5.90. The summed E-state index contributed by atoms with van der Waals surface area (Å²) in [5.74, 6) is -0.940. The van der Waals surface area contributed by atoms with E-state index in [-0.39, 0.29) is 23.0 Å². The largest absolute Gasteiger partial charge is 0.339 e. The lowest BCUT2D eigenvalue weighted by Crippen LogP contribution is -2.45. The Morgan fingerprint density at radius 3 is 2.79 bits per heavy atom. The van der Waals surface area contributed by atoms with E-state index in [0.29, 0.717) is 18.7 Å². The first-order valence-corrected chi connectivity index (χ1v) is 9.17. The SMILES string of the molecule is Cc1nc(-c2c3n(c(=O)n(CC(=O)Nc4ccccc4F)c2=O)CCCC3)no1. The standard InChI is InChI=1S/C19H18FN5O4/c1-11-21-17(23-29-11)16-14-8-4-5-9-24(14)19(28)25(18(16)27)10-15(26)22-13-7-3-2-6-12(13)20/h2-3,6-7H,4-5,8-10H2,1H3,(H,22,26). The van der Waals surface area contributed by atoms with Crippen LogP contribution in [0, 0.1) is 12.7 Å². The molecule has 1 aromatic carbocycles. The lowest BCUT2D eigenvalue weighted by molar-refractivity contribution is -0.116. The summed E-state index contributed by atoms with van der Waals surface area (Å²) in [6.07, 6.45) is 2.12. The normalized spacial score (nSPS) is 13.2. The van der Waals surface area contributed by atoms with Gasteiger partial charge in [-0.15, -0.1) is 0 Å². The van der Waals surface area contributed by atoms with Crippen LogP contribution >= 0.6 is 0 Å². The van der Waals surface area contributed by atoms with Gasteiger partial charge >= 0.3 is 5.69 Å². The molecule has 0 radical (unpaired) electrons. The predicted molar refractivity (Wildman–Crippen MR) is 101 cm³/mol. The smallest absolute Gasteiger partial charge is 0.331 e. The van der Waals surface area contributed by atoms with Gasteiger partial charge in [-0.1, -0.05) is 17.3 Å². The van der Waals surface area contributed by atoms with Crippen molar-refractivity contribution in [1.29, 1.82) is 0 Å². The topological polar surface area (TPSA) is 112 Å². The zero-order valence-corrected chi connectivity index (χ0v) is 15.6. The van der Waals surface area contributed by atoms with Gasteiger partial charge in [0.2, 0.25) is 17.6 Å². The Labute approximate surface area is 163 Å². The van der Waals surface area contributed by atoms with Crippen LogP contribution in [0.3, 0.4) is 0 Å². The second-order valence-electron chi connectivity index (χ2n) is 6.77. The first-order valence-electron chi connectivity index (χ1n) is 9.17. The first kappa shape index (κ1) is 18.8. The Bertz CT molecular complexity index is 1210. The molecule has 0 atom stereocenters. The summed E-state index contributed by atoms with van der Waals surface area (Å²) in [7, 11) is 0. The van der Waals surface area contributed by atoms with Crippen LogP contribution in [0.15, 0.2) is 38.4 Å². The van der Waals surface area contributed by atoms with E-state index in [4.69, 9.17) is 4.52 Å². The number of para-hydroxylation sites is 1. The van der Waals surface area contributed by atoms with Crippen molar-refractivity contribution in [3.63, 3.8) is 0 Å². The third-order valence-electron chi connectivity index (χ3n) is 4.78. The molecule has 150 valence electrons. The summed E-state index contributed by atoms with van der Waals surface area (Å²) >= 11 is 0. The minimum Gasteiger partial charge on any atom is -0.339 e. The van der Waals surface area contributed by atoms with Crippen molar-refractivity contribution in [3.05, 3.63) is 62.5 Å². The molecule has 0 aliphatic carbocycles. The van der Waals surface area contributed by atoms with Gasteiger partial charge in [-0.05, 0) is 31.4 Å². The number of hydrogen-bond donors (Lipinski definition) is 1. The highest BCUT2D eigenvalue weighted by Crippen LogP contribution is 2.21. The monoisotopic (exact) mass is 399 g/mol. The molecule has 10 heteroatoms. The van der Waals surface area contributed by atoms with Crippen LogP contribution in [0.25, 0.3) is 11.4 Å². The lowest BCUT2D eigenvalue weighted by atomic mass is 10.0. The van der Waals surface area contributed by atoms with Gasteiger partial charge in [-0.2, -0.15) is 4.98 Å². The van der Waals surface area contributed by atoms with Gasteiger partial charge < -0.3 is 9.84 Å². The number of fused-ring (bicyclic) bond motifs is 1. The number of nitrogens with one attached hydrogen (secondary N) is 1. The Morgan fingerprint density at radius 2 is 2.07 bits per heavy atom. The second-order valence-corrected chi connectivity index (χ2v) is 6.77. The number of nitrogens with zero attached hydrogens (tertiary/aromatic N) is 4. The molecule has 0 fully saturated rings. The van der Waals surface area contributed by atoms with Crippen molar-refractivity contribution < 1.29 is 13.7 Å². The van der Waals surface area contributed by atoms with Gasteiger partial charge in [0, 0.05) is 19.2 Å². The van der Waals surface area contributed by atoms with Gasteiger partial charge in [0.05, 0.1) is 5.69 Å². The fourth-order valence-electron chi connectivity index (χ4n) is 3.46. The van der Waals surface area contributed by atoms with Crippen LogP contribution in [0.5, 0.6) is 0 Å². The number of carbonyl (C=O) groups excluding carboxylic acids is 1. The number of aryl methyl sites for hydroxylation is 1. The molecular weight excluding hydrogens is 381 g/mol. The number of aromatic nitrogens is 4. The third-order valence-corrected chi connectivity index (χ3v) is 4.78. The van der Waals surface area contributed by atoms with Crippen LogP contribution in [-0.4, -0.2) is 25.2 Å². The summed E-state index contributed by atoms with van der Waals surface area (Å²) < 4.78 is 21.1. The summed E-state index contributed by atoms with van der Waals surface area (Å²) in [6, 6.07) is 5.65. The van der Waals surface area contributed by atoms with E-state index >= 15 is 0 Å². The molecule has 0 spiro atoms. The average molecular weight is 399 g/mol. The van der Waals surface area contributed by atoms with Crippen LogP contribution in [0.1, 0.15) is 24.4 Å². The zero-order chi connectivity index (χ0) is 20.5. The Balaban J connectivity index is 1.77. The molecular formula is C19H18FN5O4. The molecule has 3 aromatic rings. The van der Waals surface area contributed by atoms with Gasteiger partial charge in [-0.25, -0.2) is 9.18 Å². The minimum atomic E-state index is -0.694. The molecule has 3 heterocycles. The molecule has 0 unspecified atom stereocenters.